The number of carbonyl (C=O) groups is 3. The van der Waals surface area contributed by atoms with Crippen LogP contribution >= 0.6 is 0 Å². The molecule has 3 atom stereocenters. The molecular formula is C30H57LaO6. The number of hydrogen-bond acceptors (Lipinski definition) is 6. The molecule has 0 rings (SSSR count). The quantitative estimate of drug-likeness (QED) is 0.188. The zero-order valence-electron chi connectivity index (χ0n) is 25.6. The largest absolute Gasteiger partial charge is 3.00 e. The number of carbonyl (C=O) groups excluding carboxylic acids is 3. The standard InChI is InChI=1S/3C10H20O2.La/c2*1-4-6-7-8-10(3,5-2)9(11)12;1-4-6-8-10(3,7-5-2)9(11)12;/h3*4-8H2,1-3H3,(H,11,12);/q;;;+3/p-3. The molecule has 0 heterocycles. The summed E-state index contributed by atoms with van der Waals surface area (Å²) in [5.74, 6) is -2.69. The summed E-state index contributed by atoms with van der Waals surface area (Å²) in [6, 6.07) is 0. The van der Waals surface area contributed by atoms with Crippen LogP contribution in [0, 0.1) is 51.8 Å². The van der Waals surface area contributed by atoms with Crippen molar-refractivity contribution in [3.05, 3.63) is 0 Å². The van der Waals surface area contributed by atoms with Crippen molar-refractivity contribution in [2.75, 3.05) is 0 Å². The van der Waals surface area contributed by atoms with Crippen LogP contribution in [-0.4, -0.2) is 17.9 Å². The smallest absolute Gasteiger partial charge is 0.550 e. The zero-order chi connectivity index (χ0) is 28.8. The Hall–Kier alpha value is -0.395. The van der Waals surface area contributed by atoms with Crippen LogP contribution in [0.4, 0.5) is 0 Å². The Kier molecular flexibility index (Phi) is 29.1. The predicted octanol–water partition coefficient (Wildman–Crippen LogP) is 5.20. The van der Waals surface area contributed by atoms with E-state index in [4.69, 9.17) is 0 Å². The van der Waals surface area contributed by atoms with Crippen LogP contribution in [0.1, 0.15) is 159 Å². The topological polar surface area (TPSA) is 120 Å². The summed E-state index contributed by atoms with van der Waals surface area (Å²) >= 11 is 0. The monoisotopic (exact) mass is 652 g/mol. The van der Waals surface area contributed by atoms with Gasteiger partial charge in [-0.1, -0.05) is 120 Å². The second-order valence-electron chi connectivity index (χ2n) is 11.0. The minimum absolute atomic E-state index is 0. The molecule has 0 aliphatic rings. The summed E-state index contributed by atoms with van der Waals surface area (Å²) in [6.45, 7) is 17.5. The summed E-state index contributed by atoms with van der Waals surface area (Å²) in [7, 11) is 0. The fraction of sp³-hybridized carbons (Fsp3) is 0.900. The van der Waals surface area contributed by atoms with Gasteiger partial charge in [-0.15, -0.1) is 0 Å². The molecule has 0 aromatic rings. The van der Waals surface area contributed by atoms with Crippen molar-refractivity contribution in [2.24, 2.45) is 16.2 Å². The van der Waals surface area contributed by atoms with Crippen molar-refractivity contribution < 1.29 is 65.3 Å². The Labute approximate surface area is 256 Å². The van der Waals surface area contributed by atoms with Crippen LogP contribution < -0.4 is 15.3 Å². The summed E-state index contributed by atoms with van der Waals surface area (Å²) < 4.78 is 0. The fourth-order valence-corrected chi connectivity index (χ4v) is 3.82. The molecule has 0 spiro atoms. The molecule has 6 nitrogen and oxygen atoms in total. The van der Waals surface area contributed by atoms with Crippen molar-refractivity contribution in [3.8, 4) is 0 Å². The van der Waals surface area contributed by atoms with Gasteiger partial charge in [-0.05, 0) is 38.5 Å². The Morgan fingerprint density at radius 3 is 0.973 bits per heavy atom. The van der Waals surface area contributed by atoms with Gasteiger partial charge in [0.25, 0.3) is 0 Å². The van der Waals surface area contributed by atoms with Crippen molar-refractivity contribution in [1.29, 1.82) is 0 Å². The van der Waals surface area contributed by atoms with Gasteiger partial charge in [-0.25, -0.2) is 0 Å². The number of carboxylic acids is 3. The van der Waals surface area contributed by atoms with E-state index >= 15 is 0 Å². The number of unbranched alkanes of at least 4 members (excludes halogenated alkanes) is 5. The minimum atomic E-state index is -0.902. The van der Waals surface area contributed by atoms with E-state index in [0.29, 0.717) is 12.8 Å². The average Bonchev–Trinajstić information content (AvgIpc) is 2.83. The normalized spacial score (nSPS) is 15.2. The second-order valence-corrected chi connectivity index (χ2v) is 11.0. The van der Waals surface area contributed by atoms with E-state index in [9.17, 15) is 29.7 Å². The van der Waals surface area contributed by atoms with E-state index in [1.807, 2.05) is 20.8 Å². The van der Waals surface area contributed by atoms with Gasteiger partial charge in [0, 0.05) is 34.2 Å². The Bertz CT molecular complexity index is 563. The minimum Gasteiger partial charge on any atom is -0.550 e. The third kappa shape index (κ3) is 20.2. The molecule has 0 aromatic carbocycles. The molecule has 0 aliphatic heterocycles. The van der Waals surface area contributed by atoms with Crippen LogP contribution in [0.5, 0.6) is 0 Å². The van der Waals surface area contributed by atoms with E-state index in [2.05, 4.69) is 20.8 Å². The molecular weight excluding hydrogens is 595 g/mol. The number of rotatable bonds is 18. The molecule has 0 saturated heterocycles. The summed E-state index contributed by atoms with van der Waals surface area (Å²) in [4.78, 5) is 32.3. The third-order valence-corrected chi connectivity index (χ3v) is 7.59. The molecule has 0 N–H and O–H groups in total. The van der Waals surface area contributed by atoms with E-state index in [0.717, 1.165) is 83.5 Å². The summed E-state index contributed by atoms with van der Waals surface area (Å²) in [6.07, 6.45) is 13.7. The maximum atomic E-state index is 10.8. The van der Waals surface area contributed by atoms with E-state index in [1.165, 1.54) is 0 Å². The average molecular weight is 653 g/mol. The number of hydrogen-bond donors (Lipinski definition) is 0. The summed E-state index contributed by atoms with van der Waals surface area (Å²) in [5.41, 5.74) is -1.80. The molecule has 0 amide bonds. The van der Waals surface area contributed by atoms with Crippen LogP contribution in [0.25, 0.3) is 0 Å². The first-order valence-electron chi connectivity index (χ1n) is 14.3. The second kappa shape index (κ2) is 24.6. The number of carboxylic acid groups (broad SMARTS) is 3. The van der Waals surface area contributed by atoms with Gasteiger partial charge in [0.1, 0.15) is 0 Å². The maximum Gasteiger partial charge on any atom is 3.00 e. The Morgan fingerprint density at radius 1 is 0.459 bits per heavy atom. The van der Waals surface area contributed by atoms with Crippen molar-refractivity contribution >= 4 is 17.9 Å². The van der Waals surface area contributed by atoms with Crippen molar-refractivity contribution in [1.82, 2.24) is 0 Å². The van der Waals surface area contributed by atoms with E-state index in [1.54, 1.807) is 20.8 Å². The predicted molar refractivity (Wildman–Crippen MR) is 143 cm³/mol. The zero-order valence-corrected chi connectivity index (χ0v) is 29.3. The van der Waals surface area contributed by atoms with E-state index < -0.39 is 34.2 Å². The van der Waals surface area contributed by atoms with Gasteiger partial charge in [0.15, 0.2) is 0 Å². The molecule has 3 unspecified atom stereocenters. The number of aliphatic carboxylic acids is 3. The molecule has 0 aromatic heterocycles. The van der Waals surface area contributed by atoms with E-state index in [-0.39, 0.29) is 35.6 Å². The fourth-order valence-electron chi connectivity index (χ4n) is 3.82. The summed E-state index contributed by atoms with van der Waals surface area (Å²) in [5, 5.41) is 32.3. The first-order valence-corrected chi connectivity index (χ1v) is 14.3. The molecule has 216 valence electrons. The van der Waals surface area contributed by atoms with Crippen molar-refractivity contribution in [3.63, 3.8) is 0 Å². The maximum absolute atomic E-state index is 10.8. The first-order chi connectivity index (χ1) is 16.7. The van der Waals surface area contributed by atoms with Crippen molar-refractivity contribution in [2.45, 2.75) is 159 Å². The molecule has 0 fully saturated rings. The molecule has 0 aliphatic carbocycles. The van der Waals surface area contributed by atoms with Crippen LogP contribution in [0.3, 0.4) is 0 Å². The Balaban J connectivity index is -0.000000218. The van der Waals surface area contributed by atoms with Crippen LogP contribution in [-0.2, 0) is 14.4 Å². The molecule has 0 saturated carbocycles. The molecule has 37 heavy (non-hydrogen) atoms. The van der Waals surface area contributed by atoms with Gasteiger partial charge in [-0.3, -0.25) is 0 Å². The van der Waals surface area contributed by atoms with Gasteiger partial charge in [0.05, 0.1) is 0 Å². The first kappa shape index (κ1) is 43.7. The van der Waals surface area contributed by atoms with Gasteiger partial charge >= 0.3 is 35.6 Å². The SMILES string of the molecule is CCCCC(C)(CCC)C(=O)[O-].CCCCCC(C)(CC)C(=O)[O-].CCCCCC(C)(CC)C(=O)[O-].[La+3]. The van der Waals surface area contributed by atoms with Gasteiger partial charge < -0.3 is 29.7 Å². The van der Waals surface area contributed by atoms with Crippen LogP contribution in [0.2, 0.25) is 0 Å². The van der Waals surface area contributed by atoms with Gasteiger partial charge in [0.2, 0.25) is 0 Å². The van der Waals surface area contributed by atoms with Gasteiger partial charge in [-0.2, -0.15) is 0 Å². The van der Waals surface area contributed by atoms with Crippen LogP contribution in [0.15, 0.2) is 0 Å². The Morgan fingerprint density at radius 2 is 0.757 bits per heavy atom. The molecule has 0 bridgehead atoms. The molecule has 0 radical (unpaired) electrons. The third-order valence-electron chi connectivity index (χ3n) is 7.59. The molecule has 7 heteroatoms.